The van der Waals surface area contributed by atoms with Crippen molar-refractivity contribution < 1.29 is 0 Å². The fourth-order valence-corrected chi connectivity index (χ4v) is 3.34. The van der Waals surface area contributed by atoms with Crippen LogP contribution >= 0.6 is 0 Å². The molecule has 0 aliphatic carbocycles. The highest BCUT2D eigenvalue weighted by Gasteiger charge is 2.24. The first-order chi connectivity index (χ1) is 14.4. The van der Waals surface area contributed by atoms with Gasteiger partial charge < -0.3 is 4.98 Å². The largest absolute Gasteiger partial charge is 0.353 e. The SMILES string of the molecule is c1cc(-c2[nH]c(-c3ccncc3)c(-c3cnccn3)c2-c2cnccn2)ccn1. The predicted molar refractivity (Wildman–Crippen MR) is 109 cm³/mol. The second kappa shape index (κ2) is 7.40. The maximum atomic E-state index is 4.57. The smallest absolute Gasteiger partial charge is 0.0913 e. The van der Waals surface area contributed by atoms with Gasteiger partial charge in [0.1, 0.15) is 0 Å². The molecular formula is C22H15N7. The van der Waals surface area contributed by atoms with Crippen molar-refractivity contribution in [3.63, 3.8) is 0 Å². The Morgan fingerprint density at radius 1 is 0.483 bits per heavy atom. The zero-order chi connectivity index (χ0) is 19.5. The average Bonchev–Trinajstić information content (AvgIpc) is 3.22. The van der Waals surface area contributed by atoms with Gasteiger partial charge >= 0.3 is 0 Å². The van der Waals surface area contributed by atoms with E-state index in [1.807, 2.05) is 24.3 Å². The molecule has 0 spiro atoms. The van der Waals surface area contributed by atoms with E-state index < -0.39 is 0 Å². The lowest BCUT2D eigenvalue weighted by Crippen LogP contribution is -1.91. The quantitative estimate of drug-likeness (QED) is 0.508. The van der Waals surface area contributed by atoms with Crippen LogP contribution < -0.4 is 0 Å². The maximum absolute atomic E-state index is 4.57. The van der Waals surface area contributed by atoms with Crippen molar-refractivity contribution in [3.05, 3.63) is 86.2 Å². The van der Waals surface area contributed by atoms with Crippen molar-refractivity contribution in [1.82, 2.24) is 34.9 Å². The van der Waals surface area contributed by atoms with Gasteiger partial charge in [0.25, 0.3) is 0 Å². The molecule has 0 bridgehead atoms. The Kier molecular flexibility index (Phi) is 4.31. The summed E-state index contributed by atoms with van der Waals surface area (Å²) in [4.78, 5) is 29.6. The zero-order valence-electron chi connectivity index (χ0n) is 15.3. The summed E-state index contributed by atoms with van der Waals surface area (Å²) in [6.07, 6.45) is 17.3. The van der Waals surface area contributed by atoms with E-state index in [-0.39, 0.29) is 0 Å². The highest BCUT2D eigenvalue weighted by molar-refractivity contribution is 5.99. The van der Waals surface area contributed by atoms with Crippen LogP contribution in [0.15, 0.2) is 86.2 Å². The lowest BCUT2D eigenvalue weighted by Gasteiger charge is -2.08. The van der Waals surface area contributed by atoms with Gasteiger partial charge in [0.2, 0.25) is 0 Å². The van der Waals surface area contributed by atoms with Gasteiger partial charge in [-0.2, -0.15) is 0 Å². The Morgan fingerprint density at radius 3 is 1.31 bits per heavy atom. The summed E-state index contributed by atoms with van der Waals surface area (Å²) in [7, 11) is 0. The topological polar surface area (TPSA) is 93.1 Å². The Bertz CT molecular complexity index is 1120. The first-order valence-corrected chi connectivity index (χ1v) is 9.01. The van der Waals surface area contributed by atoms with Gasteiger partial charge in [-0.25, -0.2) is 0 Å². The van der Waals surface area contributed by atoms with Crippen LogP contribution in [0.25, 0.3) is 45.0 Å². The second-order valence-corrected chi connectivity index (χ2v) is 6.28. The molecule has 1 N–H and O–H groups in total. The van der Waals surface area contributed by atoms with Crippen molar-refractivity contribution in [2.45, 2.75) is 0 Å². The van der Waals surface area contributed by atoms with Crippen molar-refractivity contribution in [2.75, 3.05) is 0 Å². The van der Waals surface area contributed by atoms with Crippen LogP contribution in [0.1, 0.15) is 0 Å². The number of hydrogen-bond donors (Lipinski definition) is 1. The van der Waals surface area contributed by atoms with Gasteiger partial charge in [0.05, 0.1) is 35.2 Å². The van der Waals surface area contributed by atoms with Crippen molar-refractivity contribution in [1.29, 1.82) is 0 Å². The highest BCUT2D eigenvalue weighted by atomic mass is 14.8. The van der Waals surface area contributed by atoms with E-state index in [4.69, 9.17) is 0 Å². The first-order valence-electron chi connectivity index (χ1n) is 9.01. The average molecular weight is 377 g/mol. The first kappa shape index (κ1) is 16.9. The van der Waals surface area contributed by atoms with E-state index >= 15 is 0 Å². The lowest BCUT2D eigenvalue weighted by atomic mass is 9.98. The normalized spacial score (nSPS) is 10.8. The number of hydrogen-bond acceptors (Lipinski definition) is 6. The summed E-state index contributed by atoms with van der Waals surface area (Å²) < 4.78 is 0. The Balaban J connectivity index is 1.89. The Labute approximate surface area is 166 Å². The molecule has 7 heteroatoms. The molecule has 0 radical (unpaired) electrons. The molecule has 138 valence electrons. The van der Waals surface area contributed by atoms with E-state index in [0.717, 1.165) is 45.0 Å². The second-order valence-electron chi connectivity index (χ2n) is 6.28. The van der Waals surface area contributed by atoms with E-state index in [2.05, 4.69) is 34.9 Å². The number of pyridine rings is 2. The third-order valence-electron chi connectivity index (χ3n) is 4.58. The summed E-state index contributed by atoms with van der Waals surface area (Å²) in [5.41, 5.74) is 7.14. The van der Waals surface area contributed by atoms with Crippen molar-refractivity contribution in [3.8, 4) is 45.0 Å². The fraction of sp³-hybridized carbons (Fsp3) is 0. The number of H-pyrrole nitrogens is 1. The summed E-state index contributed by atoms with van der Waals surface area (Å²) >= 11 is 0. The summed E-state index contributed by atoms with van der Waals surface area (Å²) in [6.45, 7) is 0. The maximum Gasteiger partial charge on any atom is 0.0913 e. The molecule has 0 aromatic carbocycles. The minimum Gasteiger partial charge on any atom is -0.353 e. The van der Waals surface area contributed by atoms with Crippen LogP contribution in [0, 0.1) is 0 Å². The van der Waals surface area contributed by atoms with Crippen LogP contribution in [0.4, 0.5) is 0 Å². The molecule has 0 amide bonds. The van der Waals surface area contributed by atoms with Gasteiger partial charge in [0.15, 0.2) is 0 Å². The van der Waals surface area contributed by atoms with Crippen LogP contribution in [0.5, 0.6) is 0 Å². The van der Waals surface area contributed by atoms with Crippen molar-refractivity contribution in [2.24, 2.45) is 0 Å². The number of aromatic nitrogens is 7. The van der Waals surface area contributed by atoms with E-state index in [0.29, 0.717) is 0 Å². The zero-order valence-corrected chi connectivity index (χ0v) is 15.3. The van der Waals surface area contributed by atoms with Crippen LogP contribution in [-0.2, 0) is 0 Å². The molecule has 0 aliphatic heterocycles. The molecule has 5 rings (SSSR count). The Hall–Kier alpha value is -4.26. The molecule has 0 saturated carbocycles. The molecular weight excluding hydrogens is 362 g/mol. The molecule has 29 heavy (non-hydrogen) atoms. The van der Waals surface area contributed by atoms with Gasteiger partial charge in [-0.3, -0.25) is 29.9 Å². The number of aromatic amines is 1. The van der Waals surface area contributed by atoms with Gasteiger partial charge in [-0.15, -0.1) is 0 Å². The third-order valence-corrected chi connectivity index (χ3v) is 4.58. The molecule has 0 saturated heterocycles. The van der Waals surface area contributed by atoms with E-state index in [1.165, 1.54) is 0 Å². The molecule has 0 aliphatic rings. The van der Waals surface area contributed by atoms with E-state index in [9.17, 15) is 0 Å². The molecule has 7 nitrogen and oxygen atoms in total. The molecule has 5 heterocycles. The van der Waals surface area contributed by atoms with E-state index in [1.54, 1.807) is 62.0 Å². The molecule has 0 unspecified atom stereocenters. The number of nitrogens with one attached hydrogen (secondary N) is 1. The van der Waals surface area contributed by atoms with Gasteiger partial charge in [-0.1, -0.05) is 0 Å². The monoisotopic (exact) mass is 377 g/mol. The lowest BCUT2D eigenvalue weighted by molar-refractivity contribution is 1.19. The number of rotatable bonds is 4. The van der Waals surface area contributed by atoms with Crippen LogP contribution in [0.2, 0.25) is 0 Å². The van der Waals surface area contributed by atoms with Crippen LogP contribution in [-0.4, -0.2) is 34.9 Å². The van der Waals surface area contributed by atoms with Crippen LogP contribution in [0.3, 0.4) is 0 Å². The highest BCUT2D eigenvalue weighted by Crippen LogP contribution is 2.44. The fourth-order valence-electron chi connectivity index (χ4n) is 3.34. The predicted octanol–water partition coefficient (Wildman–Crippen LogP) is 4.05. The van der Waals surface area contributed by atoms with Crippen molar-refractivity contribution >= 4 is 0 Å². The summed E-state index contributed by atoms with van der Waals surface area (Å²) in [6, 6.07) is 7.84. The third kappa shape index (κ3) is 3.14. The summed E-state index contributed by atoms with van der Waals surface area (Å²) in [5.74, 6) is 0. The standard InChI is InChI=1S/C22H15N7/c1-5-23-6-2-15(1)21-19(17-13-25-9-11-27-17)20(18-14-26-10-12-28-18)22(29-21)16-3-7-24-8-4-16/h1-14,29H. The minimum atomic E-state index is 0.747. The Morgan fingerprint density at radius 2 is 0.931 bits per heavy atom. The number of nitrogens with zero attached hydrogens (tertiary/aromatic N) is 6. The molecule has 0 atom stereocenters. The molecule has 5 aromatic heterocycles. The molecule has 5 aromatic rings. The summed E-state index contributed by atoms with van der Waals surface area (Å²) in [5, 5.41) is 0. The molecule has 0 fully saturated rings. The van der Waals surface area contributed by atoms with Gasteiger partial charge in [0, 0.05) is 71.8 Å². The van der Waals surface area contributed by atoms with Gasteiger partial charge in [-0.05, 0) is 24.3 Å². The minimum absolute atomic E-state index is 0.747.